The standard InChI is InChI=1S/C20H22N8/c1-14-11-22-5-8-27(14)19-18-16(26-6-2-7-26)12-28(20(18)25-13-24-19)17-9-15(10-21)3-4-23-17/h3-4,9,12-14,22H,2,5-8,11H2,1H3/t14-/m0/s1. The van der Waals surface area contributed by atoms with Crippen LogP contribution in [-0.4, -0.2) is 58.3 Å². The molecule has 0 spiro atoms. The van der Waals surface area contributed by atoms with Crippen molar-refractivity contribution < 1.29 is 0 Å². The maximum atomic E-state index is 9.27. The predicted molar refractivity (Wildman–Crippen MR) is 108 cm³/mol. The number of fused-ring (bicyclic) bond motifs is 1. The summed E-state index contributed by atoms with van der Waals surface area (Å²) in [4.78, 5) is 18.5. The molecule has 0 aliphatic carbocycles. The first-order valence-corrected chi connectivity index (χ1v) is 9.71. The van der Waals surface area contributed by atoms with Crippen LogP contribution in [0.5, 0.6) is 0 Å². The van der Waals surface area contributed by atoms with Crippen molar-refractivity contribution in [3.63, 3.8) is 0 Å². The Labute approximate surface area is 163 Å². The van der Waals surface area contributed by atoms with Crippen LogP contribution in [0, 0.1) is 11.3 Å². The zero-order valence-corrected chi connectivity index (χ0v) is 15.8. The van der Waals surface area contributed by atoms with E-state index in [0.717, 1.165) is 55.3 Å². The Morgan fingerprint density at radius 2 is 2.11 bits per heavy atom. The Hall–Kier alpha value is -3.18. The second-order valence-corrected chi connectivity index (χ2v) is 7.38. The van der Waals surface area contributed by atoms with Gasteiger partial charge in [0.25, 0.3) is 0 Å². The summed E-state index contributed by atoms with van der Waals surface area (Å²) in [5.41, 5.74) is 2.56. The number of nitriles is 1. The minimum absolute atomic E-state index is 0.361. The van der Waals surface area contributed by atoms with Gasteiger partial charge in [-0.05, 0) is 25.5 Å². The van der Waals surface area contributed by atoms with Crippen LogP contribution in [0.4, 0.5) is 11.5 Å². The van der Waals surface area contributed by atoms with Gasteiger partial charge in [-0.2, -0.15) is 5.26 Å². The summed E-state index contributed by atoms with van der Waals surface area (Å²) >= 11 is 0. The molecule has 0 saturated carbocycles. The maximum absolute atomic E-state index is 9.27. The number of hydrogen-bond donors (Lipinski definition) is 1. The fourth-order valence-electron chi connectivity index (χ4n) is 3.99. The number of pyridine rings is 1. The van der Waals surface area contributed by atoms with Crippen molar-refractivity contribution in [3.05, 3.63) is 36.4 Å². The number of anilines is 2. The molecule has 5 rings (SSSR count). The highest BCUT2D eigenvalue weighted by Crippen LogP contribution is 2.38. The van der Waals surface area contributed by atoms with Crippen molar-refractivity contribution >= 4 is 22.5 Å². The number of aromatic nitrogens is 4. The summed E-state index contributed by atoms with van der Waals surface area (Å²) in [6.45, 7) is 7.10. The van der Waals surface area contributed by atoms with E-state index in [4.69, 9.17) is 4.98 Å². The van der Waals surface area contributed by atoms with Crippen molar-refractivity contribution in [2.75, 3.05) is 42.5 Å². The lowest BCUT2D eigenvalue weighted by Crippen LogP contribution is -2.50. The molecule has 1 atom stereocenters. The first kappa shape index (κ1) is 17.0. The van der Waals surface area contributed by atoms with Crippen molar-refractivity contribution in [1.82, 2.24) is 24.8 Å². The lowest BCUT2D eigenvalue weighted by Gasteiger charge is -2.36. The summed E-state index contributed by atoms with van der Waals surface area (Å²) < 4.78 is 1.99. The minimum atomic E-state index is 0.361. The average Bonchev–Trinajstić information content (AvgIpc) is 3.07. The molecule has 0 aromatic carbocycles. The zero-order valence-electron chi connectivity index (χ0n) is 15.8. The zero-order chi connectivity index (χ0) is 19.1. The van der Waals surface area contributed by atoms with E-state index in [1.807, 2.05) is 4.57 Å². The molecule has 2 aliphatic heterocycles. The van der Waals surface area contributed by atoms with Gasteiger partial charge in [0.2, 0.25) is 0 Å². The Morgan fingerprint density at radius 3 is 2.86 bits per heavy atom. The molecule has 0 amide bonds. The molecule has 2 aliphatic rings. The second-order valence-electron chi connectivity index (χ2n) is 7.38. The fraction of sp³-hybridized carbons (Fsp3) is 0.400. The van der Waals surface area contributed by atoms with E-state index >= 15 is 0 Å². The molecule has 0 unspecified atom stereocenters. The largest absolute Gasteiger partial charge is 0.369 e. The summed E-state index contributed by atoms with van der Waals surface area (Å²) in [6, 6.07) is 6.07. The normalized spacial score (nSPS) is 19.5. The Morgan fingerprint density at radius 1 is 1.21 bits per heavy atom. The van der Waals surface area contributed by atoms with Crippen LogP contribution in [0.3, 0.4) is 0 Å². The lowest BCUT2D eigenvalue weighted by molar-refractivity contribution is 0.498. The van der Waals surface area contributed by atoms with Gasteiger partial charge in [-0.25, -0.2) is 15.0 Å². The van der Waals surface area contributed by atoms with Crippen LogP contribution in [0.2, 0.25) is 0 Å². The Bertz CT molecular complexity index is 1060. The number of hydrogen-bond acceptors (Lipinski definition) is 7. The molecule has 8 heteroatoms. The highest BCUT2D eigenvalue weighted by Gasteiger charge is 2.28. The molecule has 3 aromatic rings. The van der Waals surface area contributed by atoms with Crippen molar-refractivity contribution in [2.45, 2.75) is 19.4 Å². The van der Waals surface area contributed by atoms with E-state index in [0.29, 0.717) is 17.4 Å². The topological polar surface area (TPSA) is 85.9 Å². The van der Waals surface area contributed by atoms with Crippen LogP contribution in [0.25, 0.3) is 16.9 Å². The minimum Gasteiger partial charge on any atom is -0.369 e. The summed E-state index contributed by atoms with van der Waals surface area (Å²) in [5, 5.41) is 13.8. The first-order valence-electron chi connectivity index (χ1n) is 9.71. The van der Waals surface area contributed by atoms with Gasteiger partial charge in [0.1, 0.15) is 18.0 Å². The van der Waals surface area contributed by atoms with Crippen molar-refractivity contribution in [1.29, 1.82) is 5.26 Å². The van der Waals surface area contributed by atoms with Gasteiger partial charge in [-0.3, -0.25) is 4.57 Å². The van der Waals surface area contributed by atoms with Gasteiger partial charge >= 0.3 is 0 Å². The predicted octanol–water partition coefficient (Wildman–Crippen LogP) is 1.70. The van der Waals surface area contributed by atoms with E-state index < -0.39 is 0 Å². The molecule has 0 bridgehead atoms. The molecular weight excluding hydrogens is 352 g/mol. The summed E-state index contributed by atoms with van der Waals surface area (Å²) in [5.74, 6) is 1.69. The van der Waals surface area contributed by atoms with E-state index in [-0.39, 0.29) is 0 Å². The van der Waals surface area contributed by atoms with Gasteiger partial charge in [-0.15, -0.1) is 0 Å². The van der Waals surface area contributed by atoms with Gasteiger partial charge in [-0.1, -0.05) is 0 Å². The van der Waals surface area contributed by atoms with Gasteiger partial charge in [0.15, 0.2) is 5.65 Å². The van der Waals surface area contributed by atoms with E-state index in [9.17, 15) is 5.26 Å². The van der Waals surface area contributed by atoms with Crippen LogP contribution in [0.1, 0.15) is 18.9 Å². The molecule has 1 N–H and O–H groups in total. The molecule has 2 fully saturated rings. The van der Waals surface area contributed by atoms with Crippen LogP contribution >= 0.6 is 0 Å². The number of nitrogens with zero attached hydrogens (tertiary/aromatic N) is 7. The molecule has 3 aromatic heterocycles. The average molecular weight is 374 g/mol. The molecule has 2 saturated heterocycles. The number of rotatable bonds is 3. The van der Waals surface area contributed by atoms with Crippen molar-refractivity contribution in [3.8, 4) is 11.9 Å². The Kier molecular flexibility index (Phi) is 4.10. The third-order valence-electron chi connectivity index (χ3n) is 5.63. The number of piperazine rings is 1. The molecule has 0 radical (unpaired) electrons. The fourth-order valence-corrected chi connectivity index (χ4v) is 3.99. The highest BCUT2D eigenvalue weighted by atomic mass is 15.3. The third-order valence-corrected chi connectivity index (χ3v) is 5.63. The summed E-state index contributed by atoms with van der Waals surface area (Å²) in [6.07, 6.45) is 6.60. The van der Waals surface area contributed by atoms with E-state index in [1.165, 1.54) is 6.42 Å². The molecule has 5 heterocycles. The van der Waals surface area contributed by atoms with E-state index in [1.54, 1.807) is 24.7 Å². The molecule has 142 valence electrons. The molecule has 28 heavy (non-hydrogen) atoms. The van der Waals surface area contributed by atoms with Gasteiger partial charge < -0.3 is 15.1 Å². The Balaban J connectivity index is 1.72. The van der Waals surface area contributed by atoms with Gasteiger partial charge in [0.05, 0.1) is 22.7 Å². The monoisotopic (exact) mass is 374 g/mol. The maximum Gasteiger partial charge on any atom is 0.153 e. The molecule has 8 nitrogen and oxygen atoms in total. The van der Waals surface area contributed by atoms with Crippen molar-refractivity contribution in [2.24, 2.45) is 0 Å². The van der Waals surface area contributed by atoms with Crippen LogP contribution in [-0.2, 0) is 0 Å². The third kappa shape index (κ3) is 2.67. The first-order chi connectivity index (χ1) is 13.8. The van der Waals surface area contributed by atoms with Crippen LogP contribution < -0.4 is 15.1 Å². The number of nitrogens with one attached hydrogen (secondary N) is 1. The highest BCUT2D eigenvalue weighted by molar-refractivity contribution is 6.01. The lowest BCUT2D eigenvalue weighted by atomic mass is 10.1. The van der Waals surface area contributed by atoms with E-state index in [2.05, 4.69) is 44.3 Å². The molecular formula is C20H22N8. The van der Waals surface area contributed by atoms with Gasteiger partial charge in [0, 0.05) is 51.2 Å². The smallest absolute Gasteiger partial charge is 0.153 e. The summed E-state index contributed by atoms with van der Waals surface area (Å²) in [7, 11) is 0. The second kappa shape index (κ2) is 6.77. The quantitative estimate of drug-likeness (QED) is 0.747. The SMILES string of the molecule is C[C@H]1CNCCN1c1ncnc2c1c(N1CCC1)cn2-c1cc(C#N)ccn1. The van der Waals surface area contributed by atoms with Crippen LogP contribution in [0.15, 0.2) is 30.9 Å².